The van der Waals surface area contributed by atoms with Gasteiger partial charge in [-0.2, -0.15) is 0 Å². The summed E-state index contributed by atoms with van der Waals surface area (Å²) in [5, 5.41) is 0. The molecule has 0 spiro atoms. The number of hydrogen-bond acceptors (Lipinski definition) is 0. The third-order valence-corrected chi connectivity index (χ3v) is 4.03. The van der Waals surface area contributed by atoms with Crippen molar-refractivity contribution in [2.75, 3.05) is 0 Å². The molecule has 0 bridgehead atoms. The Bertz CT molecular complexity index is 536. The minimum absolute atomic E-state index is 0.631. The lowest BCUT2D eigenvalue weighted by atomic mass is 9.96. The van der Waals surface area contributed by atoms with E-state index in [0.29, 0.717) is 5.92 Å². The molecule has 1 atom stereocenters. The standard InChI is InChI=1S/C22H26/c1-3-19(2)13-7-4-12-18-22(20-14-8-5-9-15-20)21-16-10-6-11-17-21/h3,5-6,8-11,14-19H,1,4,7,12-13H2,2H3. The summed E-state index contributed by atoms with van der Waals surface area (Å²) in [5.74, 6) is 0.631. The highest BCUT2D eigenvalue weighted by Gasteiger charge is 2.03. The zero-order valence-electron chi connectivity index (χ0n) is 13.5. The first-order valence-electron chi connectivity index (χ1n) is 8.25. The fourth-order valence-corrected chi connectivity index (χ4v) is 2.61. The van der Waals surface area contributed by atoms with Crippen LogP contribution in [0.3, 0.4) is 0 Å². The quantitative estimate of drug-likeness (QED) is 0.384. The molecule has 2 aromatic carbocycles. The van der Waals surface area contributed by atoms with Gasteiger partial charge < -0.3 is 0 Å². The van der Waals surface area contributed by atoms with E-state index in [4.69, 9.17) is 0 Å². The predicted molar refractivity (Wildman–Crippen MR) is 97.8 cm³/mol. The molecule has 0 N–H and O–H groups in total. The molecular weight excluding hydrogens is 264 g/mol. The molecule has 1 unspecified atom stereocenters. The first-order chi connectivity index (χ1) is 10.8. The van der Waals surface area contributed by atoms with Crippen molar-refractivity contribution in [3.8, 4) is 0 Å². The van der Waals surface area contributed by atoms with Gasteiger partial charge in [-0.3, -0.25) is 0 Å². The second-order valence-corrected chi connectivity index (χ2v) is 5.85. The van der Waals surface area contributed by atoms with Gasteiger partial charge >= 0.3 is 0 Å². The van der Waals surface area contributed by atoms with E-state index in [9.17, 15) is 0 Å². The summed E-state index contributed by atoms with van der Waals surface area (Å²) in [6, 6.07) is 21.4. The SMILES string of the molecule is C=CC(C)CCCCC=C(c1ccccc1)c1ccccc1. The zero-order chi connectivity index (χ0) is 15.6. The van der Waals surface area contributed by atoms with Gasteiger partial charge in [0.15, 0.2) is 0 Å². The average molecular weight is 290 g/mol. The Morgan fingerprint density at radius 2 is 1.45 bits per heavy atom. The van der Waals surface area contributed by atoms with Crippen LogP contribution in [-0.4, -0.2) is 0 Å². The maximum atomic E-state index is 3.86. The van der Waals surface area contributed by atoms with Crippen LogP contribution in [0, 0.1) is 5.92 Å². The smallest absolute Gasteiger partial charge is 0.0151 e. The van der Waals surface area contributed by atoms with Crippen LogP contribution >= 0.6 is 0 Å². The summed E-state index contributed by atoms with van der Waals surface area (Å²) in [4.78, 5) is 0. The normalized spacial score (nSPS) is 11.7. The second kappa shape index (κ2) is 9.04. The molecule has 0 aromatic heterocycles. The average Bonchev–Trinajstić information content (AvgIpc) is 2.59. The molecule has 0 aliphatic carbocycles. The van der Waals surface area contributed by atoms with E-state index in [2.05, 4.69) is 86.3 Å². The van der Waals surface area contributed by atoms with E-state index in [1.54, 1.807) is 0 Å². The Labute approximate surface area is 135 Å². The Morgan fingerprint density at radius 1 is 0.909 bits per heavy atom. The highest BCUT2D eigenvalue weighted by atomic mass is 14.1. The first-order valence-corrected chi connectivity index (χ1v) is 8.25. The maximum absolute atomic E-state index is 3.86. The van der Waals surface area contributed by atoms with Gasteiger partial charge in [0.25, 0.3) is 0 Å². The van der Waals surface area contributed by atoms with Crippen LogP contribution in [0.5, 0.6) is 0 Å². The van der Waals surface area contributed by atoms with Crippen molar-refractivity contribution in [3.05, 3.63) is 90.5 Å². The highest BCUT2D eigenvalue weighted by Crippen LogP contribution is 2.24. The third kappa shape index (κ3) is 5.04. The van der Waals surface area contributed by atoms with E-state index in [1.807, 2.05) is 0 Å². The molecular formula is C22H26. The Kier molecular flexibility index (Phi) is 6.70. The minimum atomic E-state index is 0.631. The largest absolute Gasteiger partial charge is 0.103 e. The fourth-order valence-electron chi connectivity index (χ4n) is 2.61. The third-order valence-electron chi connectivity index (χ3n) is 4.03. The van der Waals surface area contributed by atoms with Crippen molar-refractivity contribution in [3.63, 3.8) is 0 Å². The van der Waals surface area contributed by atoms with Gasteiger partial charge in [-0.1, -0.05) is 86.2 Å². The highest BCUT2D eigenvalue weighted by molar-refractivity contribution is 5.79. The molecule has 0 fully saturated rings. The molecule has 0 saturated carbocycles. The van der Waals surface area contributed by atoms with Crippen LogP contribution in [0.1, 0.15) is 43.7 Å². The number of benzene rings is 2. The molecule has 22 heavy (non-hydrogen) atoms. The van der Waals surface area contributed by atoms with Gasteiger partial charge in [0, 0.05) is 0 Å². The van der Waals surface area contributed by atoms with Crippen LogP contribution < -0.4 is 0 Å². The molecule has 0 heterocycles. The van der Waals surface area contributed by atoms with Gasteiger partial charge in [0.05, 0.1) is 0 Å². The van der Waals surface area contributed by atoms with Gasteiger partial charge in [-0.05, 0) is 41.9 Å². The molecule has 2 rings (SSSR count). The van der Waals surface area contributed by atoms with Crippen molar-refractivity contribution in [2.24, 2.45) is 5.92 Å². The number of hydrogen-bond donors (Lipinski definition) is 0. The van der Waals surface area contributed by atoms with Crippen LogP contribution in [0.4, 0.5) is 0 Å². The summed E-state index contributed by atoms with van der Waals surface area (Å²) < 4.78 is 0. The van der Waals surface area contributed by atoms with E-state index in [-0.39, 0.29) is 0 Å². The Balaban J connectivity index is 2.05. The van der Waals surface area contributed by atoms with Crippen LogP contribution in [-0.2, 0) is 0 Å². The summed E-state index contributed by atoms with van der Waals surface area (Å²) in [5.41, 5.74) is 3.94. The van der Waals surface area contributed by atoms with E-state index in [0.717, 1.165) is 6.42 Å². The van der Waals surface area contributed by atoms with Crippen LogP contribution in [0.15, 0.2) is 79.4 Å². The molecule has 0 radical (unpaired) electrons. The van der Waals surface area contributed by atoms with E-state index < -0.39 is 0 Å². The van der Waals surface area contributed by atoms with Crippen molar-refractivity contribution in [2.45, 2.75) is 32.6 Å². The lowest BCUT2D eigenvalue weighted by molar-refractivity contribution is 0.586. The Morgan fingerprint density at radius 3 is 1.95 bits per heavy atom. The summed E-state index contributed by atoms with van der Waals surface area (Å²) in [6.07, 6.45) is 9.31. The lowest BCUT2D eigenvalue weighted by Crippen LogP contribution is -1.90. The monoisotopic (exact) mass is 290 g/mol. The van der Waals surface area contributed by atoms with Crippen molar-refractivity contribution < 1.29 is 0 Å². The molecule has 0 heteroatoms. The number of unbranched alkanes of at least 4 members (excludes halogenated alkanes) is 2. The van der Waals surface area contributed by atoms with Crippen molar-refractivity contribution in [1.29, 1.82) is 0 Å². The van der Waals surface area contributed by atoms with Crippen molar-refractivity contribution >= 4 is 5.57 Å². The van der Waals surface area contributed by atoms with E-state index >= 15 is 0 Å². The first kappa shape index (κ1) is 16.3. The van der Waals surface area contributed by atoms with E-state index in [1.165, 1.54) is 36.0 Å². The van der Waals surface area contributed by atoms with Gasteiger partial charge in [-0.15, -0.1) is 6.58 Å². The van der Waals surface area contributed by atoms with Crippen molar-refractivity contribution in [1.82, 2.24) is 0 Å². The minimum Gasteiger partial charge on any atom is -0.103 e. The topological polar surface area (TPSA) is 0 Å². The summed E-state index contributed by atoms with van der Waals surface area (Å²) in [6.45, 7) is 6.09. The molecule has 0 saturated heterocycles. The molecule has 2 aromatic rings. The van der Waals surface area contributed by atoms with Crippen LogP contribution in [0.2, 0.25) is 0 Å². The molecule has 0 amide bonds. The lowest BCUT2D eigenvalue weighted by Gasteiger charge is -2.09. The Hall–Kier alpha value is -2.08. The molecule has 0 aliphatic heterocycles. The summed E-state index contributed by atoms with van der Waals surface area (Å²) >= 11 is 0. The summed E-state index contributed by atoms with van der Waals surface area (Å²) in [7, 11) is 0. The maximum Gasteiger partial charge on any atom is -0.0151 e. The second-order valence-electron chi connectivity index (χ2n) is 5.85. The molecule has 0 nitrogen and oxygen atoms in total. The fraction of sp³-hybridized carbons (Fsp3) is 0.273. The molecule has 0 aliphatic rings. The predicted octanol–water partition coefficient (Wildman–Crippen LogP) is 6.50. The van der Waals surface area contributed by atoms with Gasteiger partial charge in [-0.25, -0.2) is 0 Å². The number of rotatable bonds is 8. The molecule has 114 valence electrons. The van der Waals surface area contributed by atoms with Gasteiger partial charge in [0.2, 0.25) is 0 Å². The van der Waals surface area contributed by atoms with Gasteiger partial charge in [0.1, 0.15) is 0 Å². The number of allylic oxidation sites excluding steroid dienone is 2. The van der Waals surface area contributed by atoms with Crippen LogP contribution in [0.25, 0.3) is 5.57 Å². The zero-order valence-corrected chi connectivity index (χ0v) is 13.5.